The first-order valence-electron chi connectivity index (χ1n) is 9.16. The molecular formula is C19H24N4O2. The quantitative estimate of drug-likeness (QED) is 0.912. The molecule has 4 rings (SSSR count). The van der Waals surface area contributed by atoms with E-state index in [1.807, 2.05) is 28.9 Å². The van der Waals surface area contributed by atoms with Crippen LogP contribution < -0.4 is 0 Å². The van der Waals surface area contributed by atoms with E-state index in [0.717, 1.165) is 34.9 Å². The van der Waals surface area contributed by atoms with Crippen LogP contribution >= 0.6 is 0 Å². The molecule has 0 unspecified atom stereocenters. The Balaban J connectivity index is 1.43. The molecule has 1 aromatic carbocycles. The number of H-pyrrole nitrogens is 1. The number of nitrogens with zero attached hydrogens (tertiary/aromatic N) is 3. The lowest BCUT2D eigenvalue weighted by Crippen LogP contribution is -2.51. The van der Waals surface area contributed by atoms with Crippen molar-refractivity contribution in [3.63, 3.8) is 0 Å². The second-order valence-electron chi connectivity index (χ2n) is 7.17. The minimum absolute atomic E-state index is 0.0496. The average Bonchev–Trinajstić information content (AvgIpc) is 3.33. The van der Waals surface area contributed by atoms with E-state index in [0.29, 0.717) is 32.1 Å². The van der Waals surface area contributed by atoms with Gasteiger partial charge in [-0.15, -0.1) is 0 Å². The zero-order valence-electron chi connectivity index (χ0n) is 14.6. The van der Waals surface area contributed by atoms with Crippen LogP contribution in [-0.2, 0) is 4.79 Å². The highest BCUT2D eigenvalue weighted by atomic mass is 16.2. The summed E-state index contributed by atoms with van der Waals surface area (Å²) in [5, 5.41) is 7.97. The summed E-state index contributed by atoms with van der Waals surface area (Å²) < 4.78 is 0. The standard InChI is InChI=1S/C19H24N4O2/c1-13-15(6-7-17-16(13)12-20-21-17)19(25)23-10-8-22(9-11-23)18(24)14-4-2-3-5-14/h6-7,12,14H,2-5,8-11H2,1H3,(H,20,21). The van der Waals surface area contributed by atoms with Crippen molar-refractivity contribution in [2.45, 2.75) is 32.6 Å². The van der Waals surface area contributed by atoms with Gasteiger partial charge in [0, 0.05) is 43.0 Å². The van der Waals surface area contributed by atoms with E-state index in [1.165, 1.54) is 12.8 Å². The highest BCUT2D eigenvalue weighted by Crippen LogP contribution is 2.27. The number of benzene rings is 1. The number of aryl methyl sites for hydroxylation is 1. The number of amides is 2. The van der Waals surface area contributed by atoms with Gasteiger partial charge in [-0.25, -0.2) is 0 Å². The van der Waals surface area contributed by atoms with E-state index >= 15 is 0 Å². The van der Waals surface area contributed by atoms with Crippen molar-refractivity contribution in [2.24, 2.45) is 5.92 Å². The van der Waals surface area contributed by atoms with E-state index in [-0.39, 0.29) is 11.8 Å². The van der Waals surface area contributed by atoms with Gasteiger partial charge in [0.15, 0.2) is 0 Å². The van der Waals surface area contributed by atoms with Crippen molar-refractivity contribution in [3.8, 4) is 0 Å². The van der Waals surface area contributed by atoms with Crippen LogP contribution in [0.25, 0.3) is 10.9 Å². The summed E-state index contributed by atoms with van der Waals surface area (Å²) in [6.45, 7) is 4.48. The Bertz CT molecular complexity index is 799. The van der Waals surface area contributed by atoms with Crippen molar-refractivity contribution < 1.29 is 9.59 Å². The molecule has 0 atom stereocenters. The Morgan fingerprint density at radius 3 is 2.48 bits per heavy atom. The van der Waals surface area contributed by atoms with Crippen LogP contribution in [0.15, 0.2) is 18.3 Å². The molecule has 2 fully saturated rings. The SMILES string of the molecule is Cc1c(C(=O)N2CCN(C(=O)C3CCCC3)CC2)ccc2[nH]ncc12. The Morgan fingerprint density at radius 1 is 1.08 bits per heavy atom. The number of piperazine rings is 1. The molecule has 1 saturated heterocycles. The number of carbonyl (C=O) groups is 2. The third-order valence-electron chi connectivity index (χ3n) is 5.71. The van der Waals surface area contributed by atoms with Gasteiger partial charge >= 0.3 is 0 Å². The second kappa shape index (κ2) is 6.50. The molecule has 6 nitrogen and oxygen atoms in total. The number of hydrogen-bond acceptors (Lipinski definition) is 3. The second-order valence-corrected chi connectivity index (χ2v) is 7.17. The van der Waals surface area contributed by atoms with E-state index < -0.39 is 0 Å². The molecule has 2 heterocycles. The van der Waals surface area contributed by atoms with Crippen LogP contribution in [0.5, 0.6) is 0 Å². The fourth-order valence-corrected chi connectivity index (χ4v) is 4.12. The van der Waals surface area contributed by atoms with Crippen LogP contribution in [-0.4, -0.2) is 58.0 Å². The van der Waals surface area contributed by atoms with Crippen molar-refractivity contribution in [1.82, 2.24) is 20.0 Å². The van der Waals surface area contributed by atoms with Crippen LogP contribution in [0, 0.1) is 12.8 Å². The van der Waals surface area contributed by atoms with Gasteiger partial charge < -0.3 is 9.80 Å². The van der Waals surface area contributed by atoms with E-state index in [4.69, 9.17) is 0 Å². The summed E-state index contributed by atoms with van der Waals surface area (Å²) in [5.74, 6) is 0.558. The zero-order chi connectivity index (χ0) is 17.4. The molecule has 25 heavy (non-hydrogen) atoms. The zero-order valence-corrected chi connectivity index (χ0v) is 14.6. The third-order valence-corrected chi connectivity index (χ3v) is 5.71. The highest BCUT2D eigenvalue weighted by molar-refractivity contribution is 6.00. The van der Waals surface area contributed by atoms with Crippen LogP contribution in [0.3, 0.4) is 0 Å². The fourth-order valence-electron chi connectivity index (χ4n) is 4.12. The molecule has 2 aliphatic rings. The fraction of sp³-hybridized carbons (Fsp3) is 0.526. The van der Waals surface area contributed by atoms with Crippen LogP contribution in [0.1, 0.15) is 41.6 Å². The molecule has 1 aromatic heterocycles. The molecule has 0 radical (unpaired) electrons. The first-order chi connectivity index (χ1) is 12.1. The minimum Gasteiger partial charge on any atom is -0.339 e. The number of rotatable bonds is 2. The topological polar surface area (TPSA) is 69.3 Å². The summed E-state index contributed by atoms with van der Waals surface area (Å²) in [5.41, 5.74) is 2.63. The smallest absolute Gasteiger partial charge is 0.254 e. The number of hydrogen-bond donors (Lipinski definition) is 1. The monoisotopic (exact) mass is 340 g/mol. The maximum Gasteiger partial charge on any atom is 0.254 e. The summed E-state index contributed by atoms with van der Waals surface area (Å²) in [4.78, 5) is 29.3. The Morgan fingerprint density at radius 2 is 1.76 bits per heavy atom. The maximum atomic E-state index is 12.9. The van der Waals surface area contributed by atoms with Gasteiger partial charge in [0.1, 0.15) is 0 Å². The molecule has 1 N–H and O–H groups in total. The van der Waals surface area contributed by atoms with E-state index in [1.54, 1.807) is 6.20 Å². The molecular weight excluding hydrogens is 316 g/mol. The summed E-state index contributed by atoms with van der Waals surface area (Å²) in [6.07, 6.45) is 6.17. The number of aromatic amines is 1. The van der Waals surface area contributed by atoms with Gasteiger partial charge in [-0.1, -0.05) is 12.8 Å². The number of fused-ring (bicyclic) bond motifs is 1. The molecule has 1 aliphatic heterocycles. The lowest BCUT2D eigenvalue weighted by Gasteiger charge is -2.36. The van der Waals surface area contributed by atoms with Gasteiger partial charge in [-0.05, 0) is 37.5 Å². The summed E-state index contributed by atoms with van der Waals surface area (Å²) in [6, 6.07) is 3.77. The third kappa shape index (κ3) is 2.90. The predicted octanol–water partition coefficient (Wildman–Crippen LogP) is 2.35. The molecule has 1 saturated carbocycles. The predicted molar refractivity (Wildman–Crippen MR) is 95.3 cm³/mol. The molecule has 132 valence electrons. The highest BCUT2D eigenvalue weighted by Gasteiger charge is 2.31. The van der Waals surface area contributed by atoms with Crippen molar-refractivity contribution in [3.05, 3.63) is 29.5 Å². The van der Waals surface area contributed by atoms with Crippen molar-refractivity contribution in [2.75, 3.05) is 26.2 Å². The summed E-state index contributed by atoms with van der Waals surface area (Å²) >= 11 is 0. The van der Waals surface area contributed by atoms with Crippen LogP contribution in [0.2, 0.25) is 0 Å². The van der Waals surface area contributed by atoms with Crippen molar-refractivity contribution >= 4 is 22.7 Å². The molecule has 0 bridgehead atoms. The molecule has 2 amide bonds. The van der Waals surface area contributed by atoms with Gasteiger partial charge in [-0.2, -0.15) is 5.10 Å². The van der Waals surface area contributed by atoms with Gasteiger partial charge in [-0.3, -0.25) is 14.7 Å². The van der Waals surface area contributed by atoms with E-state index in [2.05, 4.69) is 10.2 Å². The summed E-state index contributed by atoms with van der Waals surface area (Å²) in [7, 11) is 0. The minimum atomic E-state index is 0.0496. The van der Waals surface area contributed by atoms with Gasteiger partial charge in [0.05, 0.1) is 11.7 Å². The molecule has 6 heteroatoms. The first kappa shape index (κ1) is 16.1. The van der Waals surface area contributed by atoms with Crippen molar-refractivity contribution in [1.29, 1.82) is 0 Å². The van der Waals surface area contributed by atoms with E-state index in [9.17, 15) is 9.59 Å². The number of carbonyl (C=O) groups excluding carboxylic acids is 2. The lowest BCUT2D eigenvalue weighted by molar-refractivity contribution is -0.136. The van der Waals surface area contributed by atoms with Gasteiger partial charge in [0.2, 0.25) is 5.91 Å². The molecule has 2 aromatic rings. The first-order valence-corrected chi connectivity index (χ1v) is 9.16. The number of aromatic nitrogens is 2. The molecule has 0 spiro atoms. The molecule has 1 aliphatic carbocycles. The number of nitrogens with one attached hydrogen (secondary N) is 1. The Kier molecular flexibility index (Phi) is 4.19. The Labute approximate surface area is 147 Å². The average molecular weight is 340 g/mol. The maximum absolute atomic E-state index is 12.9. The largest absolute Gasteiger partial charge is 0.339 e. The van der Waals surface area contributed by atoms with Crippen LogP contribution in [0.4, 0.5) is 0 Å². The van der Waals surface area contributed by atoms with Gasteiger partial charge in [0.25, 0.3) is 5.91 Å². The normalized spacial score (nSPS) is 18.9. The Hall–Kier alpha value is -2.37. The lowest BCUT2D eigenvalue weighted by atomic mass is 10.0.